The third kappa shape index (κ3) is 4.18. The van der Waals surface area contributed by atoms with Crippen LogP contribution in [0.1, 0.15) is 15.9 Å². The van der Waals surface area contributed by atoms with Gasteiger partial charge < -0.3 is 9.80 Å². The van der Waals surface area contributed by atoms with Gasteiger partial charge in [-0.25, -0.2) is 4.79 Å². The van der Waals surface area contributed by atoms with Gasteiger partial charge in [-0.15, -0.1) is 0 Å². The van der Waals surface area contributed by atoms with E-state index in [1.165, 1.54) is 11.6 Å². The van der Waals surface area contributed by atoms with Gasteiger partial charge in [-0.3, -0.25) is 23.3 Å². The van der Waals surface area contributed by atoms with Crippen molar-refractivity contribution < 1.29 is 4.79 Å². The minimum atomic E-state index is -0.445. The number of aromatic nitrogens is 4. The van der Waals surface area contributed by atoms with Crippen LogP contribution >= 0.6 is 23.2 Å². The molecule has 186 valence electrons. The van der Waals surface area contributed by atoms with Crippen molar-refractivity contribution in [3.05, 3.63) is 90.5 Å². The van der Waals surface area contributed by atoms with E-state index in [1.54, 1.807) is 42.3 Å². The van der Waals surface area contributed by atoms with Gasteiger partial charge >= 0.3 is 5.69 Å². The Labute approximate surface area is 216 Å². The number of piperazine rings is 1. The van der Waals surface area contributed by atoms with Crippen LogP contribution in [0.25, 0.3) is 11.2 Å². The predicted molar refractivity (Wildman–Crippen MR) is 140 cm³/mol. The lowest BCUT2D eigenvalue weighted by Gasteiger charge is -2.35. The van der Waals surface area contributed by atoms with E-state index in [4.69, 9.17) is 28.2 Å². The van der Waals surface area contributed by atoms with Crippen LogP contribution < -0.4 is 16.1 Å². The molecule has 9 nitrogen and oxygen atoms in total. The lowest BCUT2D eigenvalue weighted by molar-refractivity contribution is 0.0746. The highest BCUT2D eigenvalue weighted by Gasteiger charge is 2.28. The van der Waals surface area contributed by atoms with Gasteiger partial charge in [-0.2, -0.15) is 4.98 Å². The molecule has 0 bridgehead atoms. The third-order valence-corrected chi connectivity index (χ3v) is 7.18. The Morgan fingerprint density at radius 2 is 1.58 bits per heavy atom. The van der Waals surface area contributed by atoms with E-state index in [0.717, 1.165) is 10.1 Å². The van der Waals surface area contributed by atoms with E-state index >= 15 is 0 Å². The smallest absolute Gasteiger partial charge is 0.332 e. The van der Waals surface area contributed by atoms with Crippen LogP contribution in [0.3, 0.4) is 0 Å². The van der Waals surface area contributed by atoms with Crippen LogP contribution in [-0.4, -0.2) is 55.7 Å². The fourth-order valence-electron chi connectivity index (χ4n) is 4.51. The average Bonchev–Trinajstić information content (AvgIpc) is 3.27. The second-order valence-electron chi connectivity index (χ2n) is 8.75. The van der Waals surface area contributed by atoms with Crippen molar-refractivity contribution in [2.45, 2.75) is 6.54 Å². The Hall–Kier alpha value is -3.56. The molecule has 11 heteroatoms. The quantitative estimate of drug-likeness (QED) is 0.408. The fraction of sp³-hybridized carbons (Fsp3) is 0.280. The molecule has 2 aromatic heterocycles. The Balaban J connectivity index is 1.52. The topological polar surface area (TPSA) is 85.4 Å². The highest BCUT2D eigenvalue weighted by molar-refractivity contribution is 6.31. The van der Waals surface area contributed by atoms with E-state index < -0.39 is 11.2 Å². The number of carbonyl (C=O) groups excluding carboxylic acids is 1. The molecule has 36 heavy (non-hydrogen) atoms. The number of fused-ring (bicyclic) bond motifs is 1. The van der Waals surface area contributed by atoms with Gasteiger partial charge in [0.2, 0.25) is 5.95 Å². The molecule has 0 atom stereocenters. The number of amides is 1. The number of rotatable bonds is 4. The highest BCUT2D eigenvalue weighted by atomic mass is 35.5. The molecule has 2 aromatic carbocycles. The molecule has 0 N–H and O–H groups in total. The number of halogens is 2. The summed E-state index contributed by atoms with van der Waals surface area (Å²) in [5.74, 6) is 0.494. The molecule has 3 heterocycles. The van der Waals surface area contributed by atoms with Gasteiger partial charge in [-0.05, 0) is 35.9 Å². The summed E-state index contributed by atoms with van der Waals surface area (Å²) in [5.41, 5.74) is 1.18. The van der Waals surface area contributed by atoms with Crippen molar-refractivity contribution in [1.29, 1.82) is 0 Å². The van der Waals surface area contributed by atoms with E-state index in [2.05, 4.69) is 0 Å². The minimum absolute atomic E-state index is 0.0628. The molecule has 0 saturated carbocycles. The van der Waals surface area contributed by atoms with Crippen LogP contribution in [0.2, 0.25) is 10.0 Å². The molecule has 1 saturated heterocycles. The second-order valence-corrected chi connectivity index (χ2v) is 9.60. The number of benzene rings is 2. The Bertz CT molecular complexity index is 1580. The first-order valence-corrected chi connectivity index (χ1v) is 12.2. The minimum Gasteiger partial charge on any atom is -0.339 e. The number of hydrogen-bond donors (Lipinski definition) is 0. The van der Waals surface area contributed by atoms with Crippen LogP contribution in [0.4, 0.5) is 5.95 Å². The van der Waals surface area contributed by atoms with Crippen LogP contribution in [0.5, 0.6) is 0 Å². The molecule has 5 rings (SSSR count). The van der Waals surface area contributed by atoms with E-state index in [-0.39, 0.29) is 5.91 Å². The molecule has 1 fully saturated rings. The van der Waals surface area contributed by atoms with Crippen LogP contribution in [-0.2, 0) is 20.6 Å². The molecular weight excluding hydrogens is 503 g/mol. The molecule has 1 aliphatic heterocycles. The van der Waals surface area contributed by atoms with Crippen molar-refractivity contribution in [2.24, 2.45) is 14.1 Å². The lowest BCUT2D eigenvalue weighted by atomic mass is 10.2. The number of aryl methyl sites for hydroxylation is 1. The number of carbonyl (C=O) groups is 1. The summed E-state index contributed by atoms with van der Waals surface area (Å²) in [7, 11) is 3.06. The normalized spacial score (nSPS) is 14.0. The van der Waals surface area contributed by atoms with Crippen molar-refractivity contribution in [2.75, 3.05) is 31.1 Å². The van der Waals surface area contributed by atoms with Crippen molar-refractivity contribution in [3.63, 3.8) is 0 Å². The monoisotopic (exact) mass is 526 g/mol. The van der Waals surface area contributed by atoms with Gasteiger partial charge in [0.05, 0.1) is 6.54 Å². The first-order valence-electron chi connectivity index (χ1n) is 11.5. The number of anilines is 1. The molecule has 0 unspecified atom stereocenters. The molecule has 0 spiro atoms. The van der Waals surface area contributed by atoms with Gasteiger partial charge in [0.15, 0.2) is 11.2 Å². The highest BCUT2D eigenvalue weighted by Crippen LogP contribution is 2.25. The second kappa shape index (κ2) is 9.48. The standard InChI is InChI=1S/C25H24Cl2N6O3/c1-29-21-20(23(35)30(2)25(29)36)33(15-17-5-3-4-6-19(17)27)24(28-21)32-13-11-31(12-14-32)22(34)16-7-9-18(26)10-8-16/h3-10H,11-15H2,1-2H3. The summed E-state index contributed by atoms with van der Waals surface area (Å²) in [4.78, 5) is 47.3. The molecular formula is C25H24Cl2N6O3. The Morgan fingerprint density at radius 1 is 0.917 bits per heavy atom. The maximum atomic E-state index is 13.2. The number of hydrogen-bond acceptors (Lipinski definition) is 5. The molecule has 4 aromatic rings. The summed E-state index contributed by atoms with van der Waals surface area (Å²) >= 11 is 12.4. The summed E-state index contributed by atoms with van der Waals surface area (Å²) in [5, 5.41) is 1.15. The first kappa shape index (κ1) is 24.1. The van der Waals surface area contributed by atoms with Gasteiger partial charge in [-0.1, -0.05) is 41.4 Å². The van der Waals surface area contributed by atoms with Gasteiger partial charge in [0.1, 0.15) is 0 Å². The van der Waals surface area contributed by atoms with Crippen molar-refractivity contribution >= 4 is 46.2 Å². The van der Waals surface area contributed by atoms with Crippen LogP contribution in [0, 0.1) is 0 Å². The molecule has 0 radical (unpaired) electrons. The number of nitrogens with zero attached hydrogens (tertiary/aromatic N) is 6. The Morgan fingerprint density at radius 3 is 2.25 bits per heavy atom. The van der Waals surface area contributed by atoms with Crippen molar-refractivity contribution in [3.8, 4) is 0 Å². The summed E-state index contributed by atoms with van der Waals surface area (Å²) in [6.07, 6.45) is 0. The first-order chi connectivity index (χ1) is 17.3. The SMILES string of the molecule is Cn1c(=O)c2c(nc(N3CCN(C(=O)c4ccc(Cl)cc4)CC3)n2Cc2ccccc2Cl)n(C)c1=O. The average molecular weight is 527 g/mol. The fourth-order valence-corrected chi connectivity index (χ4v) is 4.83. The lowest BCUT2D eigenvalue weighted by Crippen LogP contribution is -2.49. The molecule has 1 aliphatic rings. The summed E-state index contributed by atoms with van der Waals surface area (Å²) < 4.78 is 4.28. The van der Waals surface area contributed by atoms with Crippen molar-refractivity contribution in [1.82, 2.24) is 23.6 Å². The summed E-state index contributed by atoms with van der Waals surface area (Å²) in [6, 6.07) is 14.3. The summed E-state index contributed by atoms with van der Waals surface area (Å²) in [6.45, 7) is 2.29. The van der Waals surface area contributed by atoms with E-state index in [0.29, 0.717) is 65.4 Å². The van der Waals surface area contributed by atoms with Gasteiger partial charge in [0.25, 0.3) is 11.5 Å². The predicted octanol–water partition coefficient (Wildman–Crippen LogP) is 2.75. The van der Waals surface area contributed by atoms with E-state index in [1.807, 2.05) is 27.7 Å². The maximum Gasteiger partial charge on any atom is 0.332 e. The molecule has 0 aliphatic carbocycles. The van der Waals surface area contributed by atoms with E-state index in [9.17, 15) is 14.4 Å². The zero-order valence-electron chi connectivity index (χ0n) is 19.8. The third-order valence-electron chi connectivity index (χ3n) is 6.56. The maximum absolute atomic E-state index is 13.2. The zero-order chi connectivity index (χ0) is 25.6. The largest absolute Gasteiger partial charge is 0.339 e. The van der Waals surface area contributed by atoms with Gasteiger partial charge in [0, 0.05) is 55.9 Å². The number of imidazole rings is 1. The zero-order valence-corrected chi connectivity index (χ0v) is 21.3. The molecule has 1 amide bonds. The Kier molecular flexibility index (Phi) is 6.36. The van der Waals surface area contributed by atoms with Crippen LogP contribution in [0.15, 0.2) is 58.1 Å².